The topological polar surface area (TPSA) is 44.1 Å². The maximum Gasteiger partial charge on any atom is 0.463 e. The Morgan fingerprint density at radius 2 is 1.70 bits per heavy atom. The second-order valence-electron chi connectivity index (χ2n) is 3.77. The Balaban J connectivity index is 3.13. The fourth-order valence-corrected chi connectivity index (χ4v) is 1.41. The van der Waals surface area contributed by atoms with E-state index in [4.69, 9.17) is 5.26 Å². The van der Waals surface area contributed by atoms with Crippen molar-refractivity contribution in [2.75, 3.05) is 11.4 Å². The summed E-state index contributed by atoms with van der Waals surface area (Å²) in [5.41, 5.74) is -0.128. The molecular formula is C12H9F5N2O. The van der Waals surface area contributed by atoms with Gasteiger partial charge in [-0.1, -0.05) is 18.2 Å². The number of amides is 1. The largest absolute Gasteiger partial charge is 0.463 e. The first kappa shape index (κ1) is 15.9. The van der Waals surface area contributed by atoms with E-state index < -0.39 is 24.6 Å². The van der Waals surface area contributed by atoms with E-state index in [0.29, 0.717) is 0 Å². The summed E-state index contributed by atoms with van der Waals surface area (Å²) in [6, 6.07) is 8.29. The molecule has 20 heavy (non-hydrogen) atoms. The number of hydrogen-bond acceptors (Lipinski definition) is 2. The highest BCUT2D eigenvalue weighted by molar-refractivity contribution is 5.98. The summed E-state index contributed by atoms with van der Waals surface area (Å²) in [5.74, 6) is -7.90. The lowest BCUT2D eigenvalue weighted by atomic mass is 10.2. The van der Waals surface area contributed by atoms with Gasteiger partial charge in [0, 0.05) is 12.2 Å². The number of benzene rings is 1. The molecule has 8 heteroatoms. The van der Waals surface area contributed by atoms with Gasteiger partial charge in [0.05, 0.1) is 12.5 Å². The molecule has 0 bridgehead atoms. The standard InChI is InChI=1S/C12H9F5N2O/c13-11(14,12(15,16)17)10(20)19(8-4-7-18)9-5-2-1-3-6-9/h1-3,5-6H,4,8H2. The maximum absolute atomic E-state index is 13.1. The lowest BCUT2D eigenvalue weighted by molar-refractivity contribution is -0.268. The van der Waals surface area contributed by atoms with Crippen LogP contribution in [0.15, 0.2) is 30.3 Å². The molecule has 0 aliphatic rings. The highest BCUT2D eigenvalue weighted by Gasteiger charge is 2.64. The maximum atomic E-state index is 13.1. The van der Waals surface area contributed by atoms with Crippen LogP contribution < -0.4 is 4.90 Å². The number of nitriles is 1. The first-order valence-corrected chi connectivity index (χ1v) is 5.40. The van der Waals surface area contributed by atoms with Gasteiger partial charge in [-0.3, -0.25) is 4.79 Å². The van der Waals surface area contributed by atoms with Gasteiger partial charge in [0.1, 0.15) is 0 Å². The lowest BCUT2D eigenvalue weighted by Crippen LogP contribution is -2.52. The molecule has 0 atom stereocenters. The van der Waals surface area contributed by atoms with E-state index in [1.165, 1.54) is 30.3 Å². The van der Waals surface area contributed by atoms with E-state index >= 15 is 0 Å². The van der Waals surface area contributed by atoms with Crippen LogP contribution >= 0.6 is 0 Å². The molecule has 0 aliphatic heterocycles. The Kier molecular flexibility index (Phi) is 4.65. The van der Waals surface area contributed by atoms with Gasteiger partial charge in [0.15, 0.2) is 0 Å². The molecule has 0 fully saturated rings. The van der Waals surface area contributed by atoms with Crippen molar-refractivity contribution in [1.82, 2.24) is 0 Å². The third-order valence-electron chi connectivity index (χ3n) is 2.38. The number of para-hydroxylation sites is 1. The highest BCUT2D eigenvalue weighted by atomic mass is 19.4. The third kappa shape index (κ3) is 3.23. The van der Waals surface area contributed by atoms with Crippen LogP contribution in [0.2, 0.25) is 0 Å². The predicted molar refractivity (Wildman–Crippen MR) is 60.0 cm³/mol. The van der Waals surface area contributed by atoms with Crippen LogP contribution in [0.25, 0.3) is 0 Å². The summed E-state index contributed by atoms with van der Waals surface area (Å²) in [7, 11) is 0. The van der Waals surface area contributed by atoms with Crippen LogP contribution in [0.3, 0.4) is 0 Å². The minimum Gasteiger partial charge on any atom is -0.306 e. The molecule has 0 saturated carbocycles. The monoisotopic (exact) mass is 292 g/mol. The predicted octanol–water partition coefficient (Wildman–Crippen LogP) is 3.13. The van der Waals surface area contributed by atoms with Crippen LogP contribution in [0.5, 0.6) is 0 Å². The number of rotatable bonds is 4. The van der Waals surface area contributed by atoms with Gasteiger partial charge < -0.3 is 4.90 Å². The second kappa shape index (κ2) is 5.86. The highest BCUT2D eigenvalue weighted by Crippen LogP contribution is 2.37. The summed E-state index contributed by atoms with van der Waals surface area (Å²) in [6.45, 7) is -0.551. The van der Waals surface area contributed by atoms with Crippen LogP contribution in [0.1, 0.15) is 6.42 Å². The first-order valence-electron chi connectivity index (χ1n) is 5.40. The van der Waals surface area contributed by atoms with Gasteiger partial charge in [-0.2, -0.15) is 27.2 Å². The molecule has 0 radical (unpaired) electrons. The van der Waals surface area contributed by atoms with Crippen molar-refractivity contribution in [3.05, 3.63) is 30.3 Å². The van der Waals surface area contributed by atoms with E-state index in [1.807, 2.05) is 0 Å². The summed E-state index contributed by atoms with van der Waals surface area (Å²) >= 11 is 0. The number of carbonyl (C=O) groups is 1. The molecule has 1 aromatic rings. The number of halogens is 5. The van der Waals surface area contributed by atoms with Crippen molar-refractivity contribution in [3.8, 4) is 6.07 Å². The summed E-state index contributed by atoms with van der Waals surface area (Å²) in [4.78, 5) is 11.7. The summed E-state index contributed by atoms with van der Waals surface area (Å²) in [6.07, 6.45) is -6.35. The molecule has 0 heterocycles. The van der Waals surface area contributed by atoms with Gasteiger partial charge in [-0.25, -0.2) is 0 Å². The zero-order chi connectivity index (χ0) is 15.4. The van der Waals surface area contributed by atoms with E-state index in [-0.39, 0.29) is 17.0 Å². The van der Waals surface area contributed by atoms with Crippen LogP contribution in [0, 0.1) is 11.3 Å². The van der Waals surface area contributed by atoms with E-state index in [0.717, 1.165) is 0 Å². The molecule has 1 rings (SSSR count). The zero-order valence-corrected chi connectivity index (χ0v) is 9.99. The molecule has 0 saturated heterocycles. The summed E-state index contributed by atoms with van der Waals surface area (Å²) in [5, 5.41) is 8.41. The Morgan fingerprint density at radius 1 is 1.15 bits per heavy atom. The minimum atomic E-state index is -5.98. The van der Waals surface area contributed by atoms with Crippen molar-refractivity contribution >= 4 is 11.6 Å². The molecule has 0 N–H and O–H groups in total. The van der Waals surface area contributed by atoms with Crippen LogP contribution in [-0.4, -0.2) is 24.6 Å². The normalized spacial score (nSPS) is 11.8. The average molecular weight is 292 g/mol. The Morgan fingerprint density at radius 3 is 2.15 bits per heavy atom. The van der Waals surface area contributed by atoms with Crippen molar-refractivity contribution < 1.29 is 26.7 Å². The molecular weight excluding hydrogens is 283 g/mol. The van der Waals surface area contributed by atoms with Crippen molar-refractivity contribution in [3.63, 3.8) is 0 Å². The SMILES string of the molecule is N#CCCN(C(=O)C(F)(F)C(F)(F)F)c1ccccc1. The number of nitrogens with zero attached hydrogens (tertiary/aromatic N) is 2. The first-order chi connectivity index (χ1) is 9.21. The van der Waals surface area contributed by atoms with Crippen molar-refractivity contribution in [1.29, 1.82) is 5.26 Å². The lowest BCUT2D eigenvalue weighted by Gasteiger charge is -2.27. The molecule has 1 amide bonds. The van der Waals surface area contributed by atoms with Gasteiger partial charge >= 0.3 is 18.0 Å². The Hall–Kier alpha value is -2.17. The van der Waals surface area contributed by atoms with E-state index in [2.05, 4.69) is 0 Å². The summed E-state index contributed by atoms with van der Waals surface area (Å²) < 4.78 is 62.8. The molecule has 0 aliphatic carbocycles. The molecule has 0 aromatic heterocycles. The fourth-order valence-electron chi connectivity index (χ4n) is 1.41. The number of hydrogen-bond donors (Lipinski definition) is 0. The molecule has 1 aromatic carbocycles. The smallest absolute Gasteiger partial charge is 0.306 e. The average Bonchev–Trinajstić information content (AvgIpc) is 2.38. The zero-order valence-electron chi connectivity index (χ0n) is 9.99. The minimum absolute atomic E-state index is 0.128. The fraction of sp³-hybridized carbons (Fsp3) is 0.333. The van der Waals surface area contributed by atoms with Crippen molar-refractivity contribution in [2.24, 2.45) is 0 Å². The molecule has 0 spiro atoms. The van der Waals surface area contributed by atoms with E-state index in [1.54, 1.807) is 6.07 Å². The van der Waals surface area contributed by atoms with E-state index in [9.17, 15) is 26.7 Å². The Bertz CT molecular complexity index is 507. The van der Waals surface area contributed by atoms with Crippen LogP contribution in [0.4, 0.5) is 27.6 Å². The van der Waals surface area contributed by atoms with Gasteiger partial charge in [0.2, 0.25) is 0 Å². The molecule has 0 unspecified atom stereocenters. The third-order valence-corrected chi connectivity index (χ3v) is 2.38. The Labute approximate surface area is 111 Å². The van der Waals surface area contributed by atoms with Crippen LogP contribution in [-0.2, 0) is 4.79 Å². The van der Waals surface area contributed by atoms with Gasteiger partial charge in [-0.15, -0.1) is 0 Å². The number of carbonyl (C=O) groups excluding carboxylic acids is 1. The molecule has 108 valence electrons. The second-order valence-corrected chi connectivity index (χ2v) is 3.77. The van der Waals surface area contributed by atoms with Crippen molar-refractivity contribution in [2.45, 2.75) is 18.5 Å². The van der Waals surface area contributed by atoms with Gasteiger partial charge in [-0.05, 0) is 12.1 Å². The quantitative estimate of drug-likeness (QED) is 0.800. The van der Waals surface area contributed by atoms with Gasteiger partial charge in [0.25, 0.3) is 0 Å². The number of alkyl halides is 5. The molecule has 3 nitrogen and oxygen atoms in total. The number of anilines is 1.